The molecule has 1 fully saturated rings. The normalized spacial score (nSPS) is 19.5. The molecule has 0 spiro atoms. The minimum Gasteiger partial charge on any atom is -0.494 e. The summed E-state index contributed by atoms with van der Waals surface area (Å²) < 4.78 is 50.3. The van der Waals surface area contributed by atoms with Crippen LogP contribution >= 0.6 is 0 Å². The van der Waals surface area contributed by atoms with Crippen LogP contribution in [0.15, 0.2) is 96.2 Å². The second-order valence-electron chi connectivity index (χ2n) is 10.7. The lowest BCUT2D eigenvalue weighted by Gasteiger charge is -2.48. The van der Waals surface area contributed by atoms with Gasteiger partial charge in [-0.3, -0.25) is 9.78 Å². The van der Waals surface area contributed by atoms with Crippen molar-refractivity contribution in [1.82, 2.24) is 9.88 Å². The molecule has 1 aromatic heterocycles. The summed E-state index contributed by atoms with van der Waals surface area (Å²) in [7, 11) is -4.90. The van der Waals surface area contributed by atoms with Gasteiger partial charge in [0.15, 0.2) is 0 Å². The second-order valence-corrected chi connectivity index (χ2v) is 12.5. The Morgan fingerprint density at radius 1 is 1.07 bits per heavy atom. The maximum atomic E-state index is 15.3. The summed E-state index contributed by atoms with van der Waals surface area (Å²) in [6.07, 6.45) is 1.85. The number of carbonyl (C=O) groups excluding carboxylic acids is 1. The quantitative estimate of drug-likeness (QED) is 0.311. The Bertz CT molecular complexity index is 1990. The van der Waals surface area contributed by atoms with Gasteiger partial charge in [-0.2, -0.15) is 5.26 Å². The zero-order chi connectivity index (χ0) is 32.6. The number of nitriles is 1. The average molecular weight is 642 g/mol. The number of pyridine rings is 1. The van der Waals surface area contributed by atoms with E-state index in [-0.39, 0.29) is 54.4 Å². The molecular weight excluding hydrogens is 613 g/mol. The number of nitrogens with zero attached hydrogens (tertiary/aromatic N) is 5. The van der Waals surface area contributed by atoms with Gasteiger partial charge in [0.1, 0.15) is 21.9 Å². The number of benzene rings is 3. The fraction of sp³-hybridized carbons (Fsp3) is 0.212. The number of hydrogen-bond acceptors (Lipinski definition) is 8. The molecule has 1 saturated heterocycles. The largest absolute Gasteiger partial charge is 0.494 e. The van der Waals surface area contributed by atoms with Crippen LogP contribution in [0.1, 0.15) is 23.6 Å². The maximum Gasteiger partial charge on any atom is 0.407 e. The number of carbonyl (C=O) groups is 2. The highest BCUT2D eigenvalue weighted by Gasteiger charge is 2.63. The molecule has 2 amide bonds. The van der Waals surface area contributed by atoms with Crippen molar-refractivity contribution in [2.75, 3.05) is 35.4 Å². The van der Waals surface area contributed by atoms with Crippen LogP contribution in [-0.4, -0.2) is 67.7 Å². The van der Waals surface area contributed by atoms with Crippen LogP contribution in [0, 0.1) is 17.1 Å². The Balaban J connectivity index is 1.70. The van der Waals surface area contributed by atoms with E-state index in [9.17, 15) is 23.6 Å². The number of ether oxygens (including phenoxy) is 1. The second kappa shape index (κ2) is 11.8. The number of carboxylic acid groups (broad SMARTS) is 1. The maximum absolute atomic E-state index is 15.3. The van der Waals surface area contributed by atoms with E-state index < -0.39 is 44.2 Å². The van der Waals surface area contributed by atoms with Gasteiger partial charge in [0.25, 0.3) is 15.9 Å². The molecule has 46 heavy (non-hydrogen) atoms. The number of hydrogen-bond donors (Lipinski definition) is 1. The van der Waals surface area contributed by atoms with Gasteiger partial charge >= 0.3 is 6.09 Å². The van der Waals surface area contributed by atoms with Crippen LogP contribution in [0.4, 0.5) is 20.6 Å². The van der Waals surface area contributed by atoms with Crippen molar-refractivity contribution in [3.05, 3.63) is 114 Å². The molecule has 4 aromatic rings. The van der Waals surface area contributed by atoms with E-state index in [0.29, 0.717) is 9.99 Å². The van der Waals surface area contributed by atoms with Gasteiger partial charge in [0.2, 0.25) is 0 Å². The lowest BCUT2D eigenvalue weighted by Crippen LogP contribution is -2.66. The number of aromatic nitrogens is 1. The summed E-state index contributed by atoms with van der Waals surface area (Å²) in [6.45, 7) is 2.10. The molecule has 0 bridgehead atoms. The highest BCUT2D eigenvalue weighted by Crippen LogP contribution is 2.54. The average Bonchev–Trinajstić information content (AvgIpc) is 3.33. The predicted octanol–water partition coefficient (Wildman–Crippen LogP) is 4.38. The Hall–Kier alpha value is -5.48. The van der Waals surface area contributed by atoms with Crippen molar-refractivity contribution < 1.29 is 32.2 Å². The van der Waals surface area contributed by atoms with Gasteiger partial charge < -0.3 is 19.6 Å². The van der Waals surface area contributed by atoms with Crippen LogP contribution in [0.3, 0.4) is 0 Å². The molecule has 1 N–H and O–H groups in total. The number of rotatable bonds is 7. The number of anilines is 2. The van der Waals surface area contributed by atoms with E-state index in [1.54, 1.807) is 55.7 Å². The Morgan fingerprint density at radius 2 is 1.78 bits per heavy atom. The van der Waals surface area contributed by atoms with Gasteiger partial charge in [0, 0.05) is 48.8 Å². The fourth-order valence-electron chi connectivity index (χ4n) is 6.48. The highest BCUT2D eigenvalue weighted by atomic mass is 32.2. The molecule has 13 heteroatoms. The van der Waals surface area contributed by atoms with Crippen LogP contribution in [0.2, 0.25) is 0 Å². The van der Waals surface area contributed by atoms with Gasteiger partial charge in [-0.05, 0) is 55.5 Å². The summed E-state index contributed by atoms with van der Waals surface area (Å²) in [5.41, 5.74) is -1.07. The summed E-state index contributed by atoms with van der Waals surface area (Å²) in [5, 5.41) is 20.5. The van der Waals surface area contributed by atoms with Crippen LogP contribution in [-0.2, 0) is 20.2 Å². The molecule has 6 rings (SSSR count). The molecule has 2 aliphatic heterocycles. The van der Waals surface area contributed by atoms with Gasteiger partial charge in [0.05, 0.1) is 30.0 Å². The molecule has 11 nitrogen and oxygen atoms in total. The van der Waals surface area contributed by atoms with Gasteiger partial charge in [-0.25, -0.2) is 21.9 Å². The van der Waals surface area contributed by atoms with E-state index in [1.165, 1.54) is 30.3 Å². The van der Waals surface area contributed by atoms with E-state index in [0.717, 1.165) is 17.0 Å². The number of piperazine rings is 1. The number of fused-ring (bicyclic) bond motifs is 1. The van der Waals surface area contributed by atoms with E-state index >= 15 is 9.18 Å². The summed E-state index contributed by atoms with van der Waals surface area (Å²) in [5.74, 6) is -1.87. The van der Waals surface area contributed by atoms with Crippen molar-refractivity contribution in [3.8, 4) is 11.8 Å². The first-order valence-corrected chi connectivity index (χ1v) is 15.9. The lowest BCUT2D eigenvalue weighted by molar-refractivity contribution is -0.122. The number of sulfonamides is 1. The first-order chi connectivity index (χ1) is 22.2. The summed E-state index contributed by atoms with van der Waals surface area (Å²) in [4.78, 5) is 34.6. The summed E-state index contributed by atoms with van der Waals surface area (Å²) >= 11 is 0. The van der Waals surface area contributed by atoms with Crippen LogP contribution < -0.4 is 13.9 Å². The van der Waals surface area contributed by atoms with Crippen LogP contribution in [0.5, 0.6) is 5.75 Å². The molecule has 3 heterocycles. The van der Waals surface area contributed by atoms with Crippen molar-refractivity contribution in [1.29, 1.82) is 5.26 Å². The van der Waals surface area contributed by atoms with Crippen molar-refractivity contribution >= 4 is 33.4 Å². The Morgan fingerprint density at radius 3 is 2.48 bits per heavy atom. The van der Waals surface area contributed by atoms with Crippen molar-refractivity contribution in [3.63, 3.8) is 0 Å². The Kier molecular flexibility index (Phi) is 7.83. The molecule has 0 radical (unpaired) electrons. The van der Waals surface area contributed by atoms with E-state index in [1.807, 2.05) is 11.0 Å². The minimum absolute atomic E-state index is 0.0402. The smallest absolute Gasteiger partial charge is 0.407 e. The van der Waals surface area contributed by atoms with Crippen molar-refractivity contribution in [2.24, 2.45) is 0 Å². The molecular formula is C33H28FN5O6S. The number of para-hydroxylation sites is 1. The number of halogens is 1. The third-order valence-corrected chi connectivity index (χ3v) is 10.1. The van der Waals surface area contributed by atoms with Gasteiger partial charge in [-0.15, -0.1) is 0 Å². The lowest BCUT2D eigenvalue weighted by atomic mass is 9.67. The first-order valence-electron chi connectivity index (χ1n) is 14.4. The van der Waals surface area contributed by atoms with Gasteiger partial charge in [-0.1, -0.05) is 30.3 Å². The molecule has 2 unspecified atom stereocenters. The predicted molar refractivity (Wildman–Crippen MR) is 166 cm³/mol. The zero-order valence-corrected chi connectivity index (χ0v) is 25.4. The first kappa shape index (κ1) is 30.5. The highest BCUT2D eigenvalue weighted by molar-refractivity contribution is 7.93. The fourth-order valence-corrected chi connectivity index (χ4v) is 8.02. The SMILES string of the molecule is CCOc1ccccc1C1(C2CN(c3ccncc3)CCN2C(=O)O)C(=O)N(S(=O)(=O)c2ccccc2F)c2ccc(C#N)cc21. The molecule has 234 valence electrons. The van der Waals surface area contributed by atoms with E-state index in [2.05, 4.69) is 4.98 Å². The molecule has 2 aliphatic rings. The monoisotopic (exact) mass is 641 g/mol. The minimum atomic E-state index is -4.90. The third-order valence-electron chi connectivity index (χ3n) is 8.41. The molecule has 0 saturated carbocycles. The molecule has 2 atom stereocenters. The molecule has 3 aromatic carbocycles. The van der Waals surface area contributed by atoms with Crippen LogP contribution in [0.25, 0.3) is 0 Å². The Labute approximate surface area is 264 Å². The topological polar surface area (TPSA) is 144 Å². The number of amides is 2. The van der Waals surface area contributed by atoms with E-state index in [4.69, 9.17) is 4.74 Å². The zero-order valence-electron chi connectivity index (χ0n) is 24.6. The molecule has 0 aliphatic carbocycles. The third kappa shape index (κ3) is 4.69. The van der Waals surface area contributed by atoms with Crippen molar-refractivity contribution in [2.45, 2.75) is 23.3 Å². The standard InChI is InChI=1S/C33H28FN5O6S/c1-2-45-28-9-5-3-7-24(28)33(30-21-37(17-18-38(30)32(41)42)23-13-15-36-16-14-23)25-19-22(20-35)11-12-27(25)39(31(33)40)46(43,44)29-10-6-4-8-26(29)34/h3-16,19,30H,2,17-18,21H2,1H3,(H,41,42). The summed E-state index contributed by atoms with van der Waals surface area (Å²) in [6, 6.07) is 19.6.